The molecule has 0 saturated heterocycles. The lowest BCUT2D eigenvalue weighted by Gasteiger charge is -2.28. The molecule has 0 bridgehead atoms. The molecule has 2 aromatic carbocycles. The molecular formula is C23H22Br2O6S2. The smallest absolute Gasteiger partial charge is 0.278 e. The molecule has 0 saturated carbocycles. The van der Waals surface area contributed by atoms with E-state index in [-0.39, 0.29) is 6.42 Å². The van der Waals surface area contributed by atoms with Crippen LogP contribution in [0, 0.1) is 13.8 Å². The highest BCUT2D eigenvalue weighted by molar-refractivity contribution is 9.10. The number of fused-ring (bicyclic) bond motifs is 2. The van der Waals surface area contributed by atoms with E-state index in [2.05, 4.69) is 31.9 Å². The molecule has 2 aromatic rings. The van der Waals surface area contributed by atoms with Crippen LogP contribution in [0.25, 0.3) is 23.3 Å². The van der Waals surface area contributed by atoms with Gasteiger partial charge in [-0.05, 0) is 102 Å². The zero-order valence-electron chi connectivity index (χ0n) is 18.3. The first-order valence-electron chi connectivity index (χ1n) is 9.99. The van der Waals surface area contributed by atoms with Gasteiger partial charge in [0, 0.05) is 8.95 Å². The van der Waals surface area contributed by atoms with E-state index < -0.39 is 29.7 Å². The second-order valence-electron chi connectivity index (χ2n) is 9.00. The fraction of sp³-hybridized carbons (Fsp3) is 0.304. The summed E-state index contributed by atoms with van der Waals surface area (Å²) in [5.74, 6) is 0. The van der Waals surface area contributed by atoms with Crippen molar-refractivity contribution < 1.29 is 25.9 Å². The normalized spacial score (nSPS) is 24.4. The Morgan fingerprint density at radius 3 is 1.36 bits per heavy atom. The Balaban J connectivity index is 2.17. The van der Waals surface area contributed by atoms with Gasteiger partial charge >= 0.3 is 0 Å². The van der Waals surface area contributed by atoms with Crippen molar-refractivity contribution in [2.45, 2.75) is 43.6 Å². The van der Waals surface area contributed by atoms with Gasteiger partial charge in [-0.25, -0.2) is 0 Å². The molecular weight excluding hydrogens is 596 g/mol. The fourth-order valence-corrected chi connectivity index (χ4v) is 7.64. The summed E-state index contributed by atoms with van der Waals surface area (Å²) in [5.41, 5.74) is 2.41. The Morgan fingerprint density at radius 1 is 0.727 bits per heavy atom. The van der Waals surface area contributed by atoms with E-state index in [1.54, 1.807) is 0 Å². The van der Waals surface area contributed by atoms with Gasteiger partial charge in [-0.1, -0.05) is 44.0 Å². The molecule has 2 aliphatic rings. The molecule has 0 fully saturated rings. The lowest BCUT2D eigenvalue weighted by Crippen LogP contribution is -2.38. The number of rotatable bonds is 4. The van der Waals surface area contributed by atoms with Crippen LogP contribution in [0.1, 0.15) is 31.4 Å². The van der Waals surface area contributed by atoms with Crippen molar-refractivity contribution in [3.8, 4) is 0 Å². The summed E-state index contributed by atoms with van der Waals surface area (Å²) in [6, 6.07) is 7.33. The highest BCUT2D eigenvalue weighted by Gasteiger charge is 2.48. The number of halogens is 2. The zero-order valence-corrected chi connectivity index (χ0v) is 23.1. The molecule has 0 aliphatic heterocycles. The van der Waals surface area contributed by atoms with Gasteiger partial charge in [0.05, 0.1) is 0 Å². The van der Waals surface area contributed by atoms with Gasteiger partial charge in [0.2, 0.25) is 0 Å². The lowest BCUT2D eigenvalue weighted by molar-refractivity contribution is 0.470. The van der Waals surface area contributed by atoms with Gasteiger partial charge in [-0.3, -0.25) is 9.11 Å². The Morgan fingerprint density at radius 2 is 1.06 bits per heavy atom. The van der Waals surface area contributed by atoms with Crippen LogP contribution < -0.4 is 20.9 Å². The third-order valence-electron chi connectivity index (χ3n) is 6.66. The van der Waals surface area contributed by atoms with E-state index in [0.717, 1.165) is 11.1 Å². The van der Waals surface area contributed by atoms with Crippen molar-refractivity contribution in [2.24, 2.45) is 0 Å². The first kappa shape index (κ1) is 24.8. The van der Waals surface area contributed by atoms with Crippen molar-refractivity contribution in [3.63, 3.8) is 0 Å². The second-order valence-corrected chi connectivity index (χ2v) is 14.3. The van der Waals surface area contributed by atoms with Crippen LogP contribution in [-0.2, 0) is 20.2 Å². The molecule has 2 aliphatic carbocycles. The van der Waals surface area contributed by atoms with E-state index in [1.807, 2.05) is 38.1 Å². The van der Waals surface area contributed by atoms with Gasteiger partial charge in [0.15, 0.2) is 0 Å². The van der Waals surface area contributed by atoms with Crippen molar-refractivity contribution in [1.82, 2.24) is 0 Å². The molecule has 0 aromatic heterocycles. The molecule has 2 unspecified atom stereocenters. The molecule has 0 amide bonds. The maximum absolute atomic E-state index is 12.6. The van der Waals surface area contributed by atoms with Gasteiger partial charge < -0.3 is 0 Å². The summed E-state index contributed by atoms with van der Waals surface area (Å²) in [7, 11) is -9.23. The molecule has 0 heterocycles. The summed E-state index contributed by atoms with van der Waals surface area (Å²) < 4.78 is 68.7. The molecule has 0 radical (unpaired) electrons. The molecule has 6 nitrogen and oxygen atoms in total. The summed E-state index contributed by atoms with van der Waals surface area (Å²) in [6.45, 7) is 6.52. The van der Waals surface area contributed by atoms with Crippen LogP contribution in [0.2, 0.25) is 0 Å². The predicted molar refractivity (Wildman–Crippen MR) is 137 cm³/mol. The van der Waals surface area contributed by atoms with E-state index >= 15 is 0 Å². The molecule has 2 atom stereocenters. The minimum atomic E-state index is -4.61. The van der Waals surface area contributed by atoms with Crippen molar-refractivity contribution in [3.05, 3.63) is 65.2 Å². The first-order chi connectivity index (χ1) is 15.0. The van der Waals surface area contributed by atoms with Crippen LogP contribution in [-0.4, -0.2) is 35.4 Å². The summed E-state index contributed by atoms with van der Waals surface area (Å²) >= 11 is 6.96. The van der Waals surface area contributed by atoms with Crippen LogP contribution >= 0.6 is 31.9 Å². The van der Waals surface area contributed by atoms with Crippen molar-refractivity contribution in [2.75, 3.05) is 0 Å². The quantitative estimate of drug-likeness (QED) is 0.509. The first-order valence-corrected chi connectivity index (χ1v) is 14.5. The maximum atomic E-state index is 12.6. The third-order valence-corrected chi connectivity index (χ3v) is 10.8. The summed E-state index contributed by atoms with van der Waals surface area (Å²) in [5, 5.41) is 2.43. The van der Waals surface area contributed by atoms with Gasteiger partial charge in [0.1, 0.15) is 9.49 Å². The van der Waals surface area contributed by atoms with Crippen molar-refractivity contribution in [1.29, 1.82) is 0 Å². The number of hydrogen-bond acceptors (Lipinski definition) is 4. The number of aryl methyl sites for hydroxylation is 2. The average molecular weight is 618 g/mol. The molecule has 2 N–H and O–H groups in total. The SMILES string of the molecule is Cc1cc(Br)c2c(c1)=C(CC1=c3cc(C)cc(Br)c3=CC1(C)S(=O)(=O)O)C(C)(S(=O)(=O)O)C=2. The lowest BCUT2D eigenvalue weighted by atomic mass is 9.89. The second kappa shape index (κ2) is 7.60. The van der Waals surface area contributed by atoms with Crippen molar-refractivity contribution >= 4 is 75.4 Å². The maximum Gasteiger partial charge on any atom is 0.278 e. The Bertz CT molecular complexity index is 1580. The zero-order chi connectivity index (χ0) is 24.7. The minimum absolute atomic E-state index is 0.0919. The highest BCUT2D eigenvalue weighted by atomic mass is 79.9. The molecule has 176 valence electrons. The van der Waals surface area contributed by atoms with Gasteiger partial charge in [-0.15, -0.1) is 0 Å². The highest BCUT2D eigenvalue weighted by Crippen LogP contribution is 2.41. The summed E-state index contributed by atoms with van der Waals surface area (Å²) in [6.07, 6.45) is 2.87. The van der Waals surface area contributed by atoms with E-state index in [1.165, 1.54) is 26.0 Å². The standard InChI is InChI=1S/C23H22Br2O6S2/c1-12-5-14-16(20(24)7-12)10-22(3,32(26,27)28)18(14)9-19-15-6-13(2)8-21(25)17(15)11-23(19,4)33(29,30)31/h5-8,10-11H,9H2,1-4H3,(H,26,27,28)(H,29,30,31). The molecule has 0 spiro atoms. The average Bonchev–Trinajstić information content (AvgIpc) is 3.10. The number of hydrogen-bond donors (Lipinski definition) is 2. The van der Waals surface area contributed by atoms with E-state index in [4.69, 9.17) is 0 Å². The van der Waals surface area contributed by atoms with E-state index in [9.17, 15) is 25.9 Å². The Kier molecular flexibility index (Phi) is 5.71. The summed E-state index contributed by atoms with van der Waals surface area (Å²) in [4.78, 5) is 0. The molecule has 33 heavy (non-hydrogen) atoms. The van der Waals surface area contributed by atoms with Crippen LogP contribution in [0.15, 0.2) is 33.2 Å². The largest absolute Gasteiger partial charge is 0.285 e. The molecule has 10 heteroatoms. The Hall–Kier alpha value is -1.30. The third kappa shape index (κ3) is 3.70. The number of benzene rings is 2. The monoisotopic (exact) mass is 616 g/mol. The van der Waals surface area contributed by atoms with Crippen LogP contribution in [0.4, 0.5) is 0 Å². The van der Waals surface area contributed by atoms with Crippen LogP contribution in [0.5, 0.6) is 0 Å². The van der Waals surface area contributed by atoms with Crippen LogP contribution in [0.3, 0.4) is 0 Å². The fourth-order valence-electron chi connectivity index (χ4n) is 4.74. The van der Waals surface area contributed by atoms with Gasteiger partial charge in [0.25, 0.3) is 20.2 Å². The Labute approximate surface area is 209 Å². The molecule has 4 rings (SSSR count). The van der Waals surface area contributed by atoms with Gasteiger partial charge in [-0.2, -0.15) is 16.8 Å². The van der Waals surface area contributed by atoms with E-state index in [0.29, 0.717) is 41.0 Å². The topological polar surface area (TPSA) is 109 Å². The predicted octanol–water partition coefficient (Wildman–Crippen LogP) is 2.10. The minimum Gasteiger partial charge on any atom is -0.285 e.